The van der Waals surface area contributed by atoms with Crippen LogP contribution in [0.4, 0.5) is 13.6 Å². The van der Waals surface area contributed by atoms with E-state index in [0.29, 0.717) is 18.4 Å². The molecule has 0 spiro atoms. The molecule has 1 aromatic heterocycles. The Morgan fingerprint density at radius 3 is 2.37 bits per heavy atom. The third-order valence-electron chi connectivity index (χ3n) is 6.33. The molecule has 1 aliphatic heterocycles. The van der Waals surface area contributed by atoms with E-state index in [9.17, 15) is 19.1 Å². The number of benzene rings is 2. The summed E-state index contributed by atoms with van der Waals surface area (Å²) in [6, 6.07) is 7.02. The zero-order valence-corrected chi connectivity index (χ0v) is 16.1. The standard InChI is InChI=1S/C22H19F2N3O3/c1-21(19(28)26-20(29)27-21)13-10-25-15-9-14(23)16(18(24)17(13)15)11-3-5-12(6-4-11)22(30)7-2-8-22/h3-6,9-10,25,30H,2,7-8H2,1H3,(H2,26,27,28,29). The Morgan fingerprint density at radius 1 is 1.10 bits per heavy atom. The number of aliphatic hydroxyl groups is 1. The first kappa shape index (κ1) is 18.7. The average molecular weight is 411 g/mol. The van der Waals surface area contributed by atoms with Gasteiger partial charge in [0.1, 0.15) is 17.2 Å². The fourth-order valence-corrected chi connectivity index (χ4v) is 4.36. The molecule has 2 aromatic carbocycles. The van der Waals surface area contributed by atoms with E-state index in [1.54, 1.807) is 24.3 Å². The summed E-state index contributed by atoms with van der Waals surface area (Å²) >= 11 is 0. The summed E-state index contributed by atoms with van der Waals surface area (Å²) in [5.74, 6) is -2.20. The molecular formula is C22H19F2N3O3. The number of carbonyl (C=O) groups excluding carboxylic acids is 2. The maximum atomic E-state index is 15.6. The smallest absolute Gasteiger partial charge is 0.322 e. The number of nitrogens with one attached hydrogen (secondary N) is 3. The van der Waals surface area contributed by atoms with Crippen LogP contribution >= 0.6 is 0 Å². The third kappa shape index (κ3) is 2.50. The first-order valence-electron chi connectivity index (χ1n) is 9.69. The van der Waals surface area contributed by atoms with Gasteiger partial charge in [0.15, 0.2) is 0 Å². The molecular weight excluding hydrogens is 392 g/mol. The summed E-state index contributed by atoms with van der Waals surface area (Å²) in [5, 5.41) is 15.2. The summed E-state index contributed by atoms with van der Waals surface area (Å²) in [6.07, 6.45) is 3.68. The Kier molecular flexibility index (Phi) is 3.82. The molecule has 2 fully saturated rings. The molecule has 4 N–H and O–H groups in total. The van der Waals surface area contributed by atoms with Crippen molar-refractivity contribution in [3.63, 3.8) is 0 Å². The van der Waals surface area contributed by atoms with Crippen molar-refractivity contribution in [3.05, 3.63) is 59.3 Å². The van der Waals surface area contributed by atoms with E-state index in [4.69, 9.17) is 0 Å². The maximum absolute atomic E-state index is 15.6. The molecule has 1 saturated carbocycles. The van der Waals surface area contributed by atoms with Crippen molar-refractivity contribution >= 4 is 22.8 Å². The molecule has 30 heavy (non-hydrogen) atoms. The SMILES string of the molecule is CC1(c2c[nH]c3cc(F)c(-c4ccc(C5(O)CCC5)cc4)c(F)c23)NC(=O)NC1=O. The summed E-state index contributed by atoms with van der Waals surface area (Å²) in [7, 11) is 0. The van der Waals surface area contributed by atoms with Crippen LogP contribution in [0.15, 0.2) is 36.5 Å². The van der Waals surface area contributed by atoms with E-state index < -0.39 is 34.7 Å². The molecule has 2 heterocycles. The van der Waals surface area contributed by atoms with Gasteiger partial charge in [0, 0.05) is 17.1 Å². The van der Waals surface area contributed by atoms with Gasteiger partial charge in [0.25, 0.3) is 5.91 Å². The summed E-state index contributed by atoms with van der Waals surface area (Å²) < 4.78 is 30.5. The predicted molar refractivity (Wildman–Crippen MR) is 105 cm³/mol. The molecule has 5 rings (SSSR count). The van der Waals surface area contributed by atoms with Crippen LogP contribution in [0.5, 0.6) is 0 Å². The van der Waals surface area contributed by atoms with Crippen LogP contribution in [-0.4, -0.2) is 22.0 Å². The molecule has 0 radical (unpaired) electrons. The number of halogens is 2. The van der Waals surface area contributed by atoms with Crippen molar-refractivity contribution in [1.82, 2.24) is 15.6 Å². The lowest BCUT2D eigenvalue weighted by molar-refractivity contribution is -0.123. The number of fused-ring (bicyclic) bond motifs is 1. The molecule has 1 saturated heterocycles. The van der Waals surface area contributed by atoms with E-state index >= 15 is 4.39 Å². The van der Waals surface area contributed by atoms with E-state index in [-0.39, 0.29) is 22.0 Å². The maximum Gasteiger partial charge on any atom is 0.322 e. The van der Waals surface area contributed by atoms with Gasteiger partial charge in [-0.1, -0.05) is 24.3 Å². The van der Waals surface area contributed by atoms with Gasteiger partial charge < -0.3 is 15.4 Å². The Hall–Kier alpha value is -3.26. The second kappa shape index (κ2) is 6.12. The normalized spacial score (nSPS) is 22.7. The van der Waals surface area contributed by atoms with Gasteiger partial charge >= 0.3 is 6.03 Å². The molecule has 2 aliphatic rings. The highest BCUT2D eigenvalue weighted by Crippen LogP contribution is 2.42. The lowest BCUT2D eigenvalue weighted by atomic mass is 9.75. The van der Waals surface area contributed by atoms with Crippen molar-refractivity contribution in [2.45, 2.75) is 37.3 Å². The Labute approximate surface area is 170 Å². The number of imide groups is 1. The largest absolute Gasteiger partial charge is 0.385 e. The topological polar surface area (TPSA) is 94.2 Å². The van der Waals surface area contributed by atoms with Crippen molar-refractivity contribution < 1.29 is 23.5 Å². The van der Waals surface area contributed by atoms with Gasteiger partial charge in [-0.15, -0.1) is 0 Å². The number of urea groups is 1. The monoisotopic (exact) mass is 411 g/mol. The number of hydrogen-bond acceptors (Lipinski definition) is 3. The van der Waals surface area contributed by atoms with Crippen molar-refractivity contribution in [1.29, 1.82) is 0 Å². The van der Waals surface area contributed by atoms with Crippen LogP contribution in [0.3, 0.4) is 0 Å². The fraction of sp³-hybridized carbons (Fsp3) is 0.273. The quantitative estimate of drug-likeness (QED) is 0.497. The van der Waals surface area contributed by atoms with Gasteiger partial charge in [-0.3, -0.25) is 10.1 Å². The summed E-state index contributed by atoms with van der Waals surface area (Å²) in [6.45, 7) is 1.46. The number of hydrogen-bond donors (Lipinski definition) is 4. The first-order chi connectivity index (χ1) is 14.2. The molecule has 1 atom stereocenters. The molecule has 8 heteroatoms. The van der Waals surface area contributed by atoms with Crippen LogP contribution < -0.4 is 10.6 Å². The van der Waals surface area contributed by atoms with Crippen molar-refractivity contribution in [3.8, 4) is 11.1 Å². The minimum atomic E-state index is -1.48. The molecule has 1 unspecified atom stereocenters. The zero-order valence-electron chi connectivity index (χ0n) is 16.1. The number of amides is 3. The van der Waals surface area contributed by atoms with Gasteiger partial charge in [-0.25, -0.2) is 13.6 Å². The van der Waals surface area contributed by atoms with Crippen LogP contribution in [0, 0.1) is 11.6 Å². The predicted octanol–water partition coefficient (Wildman–Crippen LogP) is 3.54. The number of H-pyrrole nitrogens is 1. The van der Waals surface area contributed by atoms with Crippen LogP contribution in [-0.2, 0) is 15.9 Å². The van der Waals surface area contributed by atoms with Crippen molar-refractivity contribution in [2.24, 2.45) is 0 Å². The summed E-state index contributed by atoms with van der Waals surface area (Å²) in [4.78, 5) is 26.7. The molecule has 0 bridgehead atoms. The van der Waals surface area contributed by atoms with Crippen LogP contribution in [0.1, 0.15) is 37.3 Å². The fourth-order valence-electron chi connectivity index (χ4n) is 4.36. The van der Waals surface area contributed by atoms with Crippen LogP contribution in [0.25, 0.3) is 22.0 Å². The van der Waals surface area contributed by atoms with Crippen molar-refractivity contribution in [2.75, 3.05) is 0 Å². The highest BCUT2D eigenvalue weighted by molar-refractivity contribution is 6.09. The number of carbonyl (C=O) groups is 2. The summed E-state index contributed by atoms with van der Waals surface area (Å²) in [5.41, 5.74) is -1.16. The van der Waals surface area contributed by atoms with Gasteiger partial charge in [0.05, 0.1) is 16.7 Å². The average Bonchev–Trinajstić information content (AvgIpc) is 3.21. The molecule has 3 amide bonds. The molecule has 154 valence electrons. The number of rotatable bonds is 3. The zero-order chi connectivity index (χ0) is 21.3. The van der Waals surface area contributed by atoms with Gasteiger partial charge in [0.2, 0.25) is 0 Å². The second-order valence-electron chi connectivity index (χ2n) is 8.17. The van der Waals surface area contributed by atoms with Gasteiger partial charge in [-0.05, 0) is 43.4 Å². The lowest BCUT2D eigenvalue weighted by Crippen LogP contribution is -2.40. The first-order valence-corrected chi connectivity index (χ1v) is 9.69. The van der Waals surface area contributed by atoms with Crippen LogP contribution in [0.2, 0.25) is 0 Å². The lowest BCUT2D eigenvalue weighted by Gasteiger charge is -2.37. The minimum Gasteiger partial charge on any atom is -0.385 e. The Bertz CT molecular complexity index is 1210. The van der Waals surface area contributed by atoms with E-state index in [2.05, 4.69) is 15.6 Å². The van der Waals surface area contributed by atoms with E-state index in [1.807, 2.05) is 0 Å². The van der Waals surface area contributed by atoms with E-state index in [0.717, 1.165) is 12.0 Å². The minimum absolute atomic E-state index is 0.0351. The van der Waals surface area contributed by atoms with Gasteiger partial charge in [-0.2, -0.15) is 0 Å². The number of aromatic amines is 1. The highest BCUT2D eigenvalue weighted by atomic mass is 19.1. The number of aromatic nitrogens is 1. The Balaban J connectivity index is 1.65. The molecule has 6 nitrogen and oxygen atoms in total. The Morgan fingerprint density at radius 2 is 1.80 bits per heavy atom. The van der Waals surface area contributed by atoms with E-state index in [1.165, 1.54) is 19.2 Å². The molecule has 1 aliphatic carbocycles. The third-order valence-corrected chi connectivity index (χ3v) is 6.33. The highest BCUT2D eigenvalue weighted by Gasteiger charge is 2.45. The molecule has 3 aromatic rings. The second-order valence-corrected chi connectivity index (χ2v) is 8.17.